The number of fused-ring (bicyclic) bond motifs is 2. The van der Waals surface area contributed by atoms with Crippen molar-refractivity contribution >= 4 is 5.97 Å². The van der Waals surface area contributed by atoms with Crippen LogP contribution in [0, 0.1) is 17.3 Å². The predicted molar refractivity (Wildman–Crippen MR) is 104 cm³/mol. The molecule has 7 heteroatoms. The highest BCUT2D eigenvalue weighted by atomic mass is 16.8. The fourth-order valence-electron chi connectivity index (χ4n) is 5.86. The maximum atomic E-state index is 12.7. The van der Waals surface area contributed by atoms with Crippen LogP contribution in [0.15, 0.2) is 12.2 Å². The Hall–Kier alpha value is -0.990. The van der Waals surface area contributed by atoms with Crippen LogP contribution in [0.3, 0.4) is 0 Å². The Bertz CT molecular complexity index is 687. The fourth-order valence-corrected chi connectivity index (χ4v) is 5.86. The lowest BCUT2D eigenvalue weighted by molar-refractivity contribution is -0.241. The molecule has 1 aliphatic carbocycles. The summed E-state index contributed by atoms with van der Waals surface area (Å²) < 4.78 is 36.3. The van der Waals surface area contributed by atoms with Gasteiger partial charge in [0.2, 0.25) is 0 Å². The van der Waals surface area contributed by atoms with Crippen molar-refractivity contribution in [1.29, 1.82) is 0 Å². The normalized spacial score (nSPS) is 43.7. The van der Waals surface area contributed by atoms with Crippen molar-refractivity contribution in [3.63, 3.8) is 0 Å². The second-order valence-electron chi connectivity index (χ2n) is 9.64. The lowest BCUT2D eigenvalue weighted by Crippen LogP contribution is -2.53. The molecule has 0 aromatic carbocycles. The van der Waals surface area contributed by atoms with E-state index in [1.54, 1.807) is 0 Å². The molecule has 29 heavy (non-hydrogen) atoms. The molecule has 4 rings (SSSR count). The van der Waals surface area contributed by atoms with E-state index in [2.05, 4.69) is 6.58 Å². The molecule has 0 amide bonds. The van der Waals surface area contributed by atoms with Gasteiger partial charge in [-0.1, -0.05) is 19.1 Å². The standard InChI is InChI=1S/C22H34O7/c1-8-24-18(23)13(3)15-12(2)9-10-22(15)16(14-11-25-20(4,5)27-14)26-19-17(22)28-21(6,7)29-19/h13-17,19H,2,8-11H2,1,3-7H3/t13-,14-,15+,16-,17+,19-,22-/m1/s1. The highest BCUT2D eigenvalue weighted by molar-refractivity contribution is 5.73. The highest BCUT2D eigenvalue weighted by Crippen LogP contribution is 2.63. The van der Waals surface area contributed by atoms with Crippen molar-refractivity contribution < 1.29 is 33.2 Å². The van der Waals surface area contributed by atoms with E-state index >= 15 is 0 Å². The maximum absolute atomic E-state index is 12.7. The third-order valence-corrected chi connectivity index (χ3v) is 6.82. The molecule has 3 heterocycles. The van der Waals surface area contributed by atoms with Gasteiger partial charge in [-0.25, -0.2) is 0 Å². The summed E-state index contributed by atoms with van der Waals surface area (Å²) in [6.45, 7) is 16.4. The molecule has 0 aromatic rings. The van der Waals surface area contributed by atoms with Crippen LogP contribution in [-0.4, -0.2) is 55.4 Å². The van der Waals surface area contributed by atoms with E-state index in [0.717, 1.165) is 18.4 Å². The lowest BCUT2D eigenvalue weighted by Gasteiger charge is -2.43. The number of hydrogen-bond donors (Lipinski definition) is 0. The number of ether oxygens (including phenoxy) is 6. The predicted octanol–water partition coefficient (Wildman–Crippen LogP) is 3.17. The van der Waals surface area contributed by atoms with Crippen molar-refractivity contribution in [2.45, 2.75) is 90.6 Å². The van der Waals surface area contributed by atoms with E-state index in [-0.39, 0.29) is 36.1 Å². The average Bonchev–Trinajstić information content (AvgIpc) is 3.31. The van der Waals surface area contributed by atoms with Gasteiger partial charge in [-0.05, 0) is 47.5 Å². The topological polar surface area (TPSA) is 72.5 Å². The molecule has 1 spiro atoms. The minimum Gasteiger partial charge on any atom is -0.466 e. The summed E-state index contributed by atoms with van der Waals surface area (Å²) in [5, 5.41) is 0. The molecule has 0 bridgehead atoms. The molecule has 7 atom stereocenters. The summed E-state index contributed by atoms with van der Waals surface area (Å²) in [6, 6.07) is 0. The second kappa shape index (κ2) is 7.02. The van der Waals surface area contributed by atoms with Crippen molar-refractivity contribution in [3.8, 4) is 0 Å². The maximum Gasteiger partial charge on any atom is 0.309 e. The lowest BCUT2D eigenvalue weighted by atomic mass is 9.64. The summed E-state index contributed by atoms with van der Waals surface area (Å²) in [4.78, 5) is 12.7. The minimum absolute atomic E-state index is 0.147. The van der Waals surface area contributed by atoms with Gasteiger partial charge in [0.15, 0.2) is 17.9 Å². The number of carbonyl (C=O) groups is 1. The molecule has 4 aliphatic rings. The molecule has 7 nitrogen and oxygen atoms in total. The van der Waals surface area contributed by atoms with Crippen LogP contribution in [0.5, 0.6) is 0 Å². The number of carbonyl (C=O) groups excluding carboxylic acids is 1. The van der Waals surface area contributed by atoms with Crippen molar-refractivity contribution in [1.82, 2.24) is 0 Å². The molecular weight excluding hydrogens is 376 g/mol. The van der Waals surface area contributed by atoms with E-state index < -0.39 is 23.3 Å². The number of allylic oxidation sites excluding steroid dienone is 1. The molecule has 0 aromatic heterocycles. The van der Waals surface area contributed by atoms with Crippen LogP contribution in [0.4, 0.5) is 0 Å². The SMILES string of the molecule is C=C1CC[C@]2([C@@H]([C@H]3COC(C)(C)O3)O[C@@H]3OC(C)(C)O[C@@H]32)[C@@H]1[C@@H](C)C(=O)OCC. The Kier molecular flexibility index (Phi) is 5.15. The van der Waals surface area contributed by atoms with Crippen LogP contribution in [0.1, 0.15) is 54.4 Å². The molecule has 164 valence electrons. The number of hydrogen-bond acceptors (Lipinski definition) is 7. The van der Waals surface area contributed by atoms with Gasteiger partial charge in [-0.15, -0.1) is 0 Å². The summed E-state index contributed by atoms with van der Waals surface area (Å²) in [5.41, 5.74) is 0.544. The van der Waals surface area contributed by atoms with E-state index in [9.17, 15) is 4.79 Å². The first kappa shape index (κ1) is 21.2. The van der Waals surface area contributed by atoms with Crippen molar-refractivity contribution in [2.75, 3.05) is 13.2 Å². The van der Waals surface area contributed by atoms with Gasteiger partial charge in [-0.2, -0.15) is 0 Å². The van der Waals surface area contributed by atoms with Gasteiger partial charge in [0.05, 0.1) is 25.2 Å². The van der Waals surface area contributed by atoms with Crippen LogP contribution < -0.4 is 0 Å². The van der Waals surface area contributed by atoms with Gasteiger partial charge in [0.25, 0.3) is 0 Å². The summed E-state index contributed by atoms with van der Waals surface area (Å²) in [7, 11) is 0. The Morgan fingerprint density at radius 3 is 2.52 bits per heavy atom. The molecule has 0 N–H and O–H groups in total. The van der Waals surface area contributed by atoms with E-state index in [0.29, 0.717) is 13.2 Å². The highest BCUT2D eigenvalue weighted by Gasteiger charge is 2.71. The molecule has 3 aliphatic heterocycles. The molecular formula is C22H34O7. The Morgan fingerprint density at radius 1 is 1.17 bits per heavy atom. The van der Waals surface area contributed by atoms with E-state index in [1.165, 1.54) is 0 Å². The Morgan fingerprint density at radius 2 is 1.90 bits per heavy atom. The molecule has 3 saturated heterocycles. The van der Waals surface area contributed by atoms with Gasteiger partial charge in [0, 0.05) is 11.3 Å². The first-order chi connectivity index (χ1) is 13.5. The third-order valence-electron chi connectivity index (χ3n) is 6.82. The average molecular weight is 411 g/mol. The van der Waals surface area contributed by atoms with E-state index in [4.69, 9.17) is 28.4 Å². The fraction of sp³-hybridized carbons (Fsp3) is 0.864. The number of rotatable bonds is 4. The summed E-state index contributed by atoms with van der Waals surface area (Å²) in [6.07, 6.45) is 0.190. The van der Waals surface area contributed by atoms with Gasteiger partial charge in [-0.3, -0.25) is 4.79 Å². The minimum atomic E-state index is -0.749. The Balaban J connectivity index is 1.73. The molecule has 0 unspecified atom stereocenters. The molecule has 0 radical (unpaired) electrons. The summed E-state index contributed by atoms with van der Waals surface area (Å²) >= 11 is 0. The van der Waals surface area contributed by atoms with Crippen molar-refractivity contribution in [2.24, 2.45) is 17.3 Å². The van der Waals surface area contributed by atoms with Crippen LogP contribution in [-0.2, 0) is 33.2 Å². The first-order valence-electron chi connectivity index (χ1n) is 10.7. The quantitative estimate of drug-likeness (QED) is 0.521. The second-order valence-corrected chi connectivity index (χ2v) is 9.64. The third kappa shape index (κ3) is 3.35. The van der Waals surface area contributed by atoms with Gasteiger partial charge in [0.1, 0.15) is 12.2 Å². The molecule has 1 saturated carbocycles. The van der Waals surface area contributed by atoms with Crippen molar-refractivity contribution in [3.05, 3.63) is 12.2 Å². The monoisotopic (exact) mass is 410 g/mol. The van der Waals surface area contributed by atoms with Gasteiger partial charge >= 0.3 is 5.97 Å². The van der Waals surface area contributed by atoms with Crippen LogP contribution in [0.2, 0.25) is 0 Å². The summed E-state index contributed by atoms with van der Waals surface area (Å²) in [5.74, 6) is -2.15. The molecule has 4 fully saturated rings. The largest absolute Gasteiger partial charge is 0.466 e. The van der Waals surface area contributed by atoms with E-state index in [1.807, 2.05) is 41.5 Å². The number of esters is 1. The zero-order chi connectivity index (χ0) is 21.2. The first-order valence-corrected chi connectivity index (χ1v) is 10.7. The Labute approximate surface area is 173 Å². The zero-order valence-corrected chi connectivity index (χ0v) is 18.4. The van der Waals surface area contributed by atoms with Crippen LogP contribution in [0.25, 0.3) is 0 Å². The smallest absolute Gasteiger partial charge is 0.309 e. The van der Waals surface area contributed by atoms with Gasteiger partial charge < -0.3 is 28.4 Å². The zero-order valence-electron chi connectivity index (χ0n) is 18.4. The van der Waals surface area contributed by atoms with Crippen LogP contribution >= 0.6 is 0 Å².